The van der Waals surface area contributed by atoms with Gasteiger partial charge < -0.3 is 15.5 Å². The van der Waals surface area contributed by atoms with Crippen LogP contribution in [0.3, 0.4) is 0 Å². The Kier molecular flexibility index (Phi) is 5.18. The molecule has 0 radical (unpaired) electrons. The first-order valence-corrected chi connectivity index (χ1v) is 7.56. The largest absolute Gasteiger partial charge is 0.399 e. The second kappa shape index (κ2) is 7.12. The van der Waals surface area contributed by atoms with Crippen LogP contribution in [0.2, 0.25) is 0 Å². The number of carbonyl (C=O) groups is 4. The van der Waals surface area contributed by atoms with Gasteiger partial charge in [-0.25, -0.2) is 4.90 Å². The van der Waals surface area contributed by atoms with Crippen LogP contribution in [-0.4, -0.2) is 59.6 Å². The van der Waals surface area contributed by atoms with E-state index in [0.717, 1.165) is 4.90 Å². The van der Waals surface area contributed by atoms with Crippen LogP contribution in [0.5, 0.6) is 0 Å². The zero-order valence-electron chi connectivity index (χ0n) is 13.7. The molecule has 2 N–H and O–H groups in total. The number of amides is 4. The predicted octanol–water partition coefficient (Wildman–Crippen LogP) is -0.161. The summed E-state index contributed by atoms with van der Waals surface area (Å²) in [6.45, 7) is 3.92. The van der Waals surface area contributed by atoms with Crippen LogP contribution in [0.1, 0.15) is 13.8 Å². The minimum Gasteiger partial charge on any atom is -0.399 e. The first-order chi connectivity index (χ1) is 11.3. The Bertz CT molecular complexity index is 680. The fraction of sp³-hybridized carbons (Fsp3) is 0.375. The molecule has 0 unspecified atom stereocenters. The smallest absolute Gasteiger partial charge is 0.323 e. The average Bonchev–Trinajstić information content (AvgIpc) is 2.54. The molecule has 1 heterocycles. The van der Waals surface area contributed by atoms with Crippen molar-refractivity contribution in [2.45, 2.75) is 13.8 Å². The quantitative estimate of drug-likeness (QED) is 0.568. The van der Waals surface area contributed by atoms with Gasteiger partial charge in [-0.1, -0.05) is 6.07 Å². The summed E-state index contributed by atoms with van der Waals surface area (Å²) in [6.07, 6.45) is 0. The highest BCUT2D eigenvalue weighted by Crippen LogP contribution is 2.19. The number of nitrogen functional groups attached to an aromatic ring is 1. The fourth-order valence-electron chi connectivity index (χ4n) is 2.56. The minimum atomic E-state index is -0.927. The van der Waals surface area contributed by atoms with Crippen LogP contribution in [0.15, 0.2) is 24.3 Å². The highest BCUT2D eigenvalue weighted by atomic mass is 16.2. The number of imide groups is 1. The Morgan fingerprint density at radius 3 is 2.08 bits per heavy atom. The molecule has 1 aromatic carbocycles. The number of anilines is 2. The number of nitrogens with zero attached hydrogens (tertiary/aromatic N) is 3. The van der Waals surface area contributed by atoms with E-state index in [1.165, 1.54) is 30.9 Å². The number of hydrogen-bond donors (Lipinski definition) is 1. The second-order valence-electron chi connectivity index (χ2n) is 5.55. The highest BCUT2D eigenvalue weighted by molar-refractivity contribution is 6.45. The molecular weight excluding hydrogens is 312 g/mol. The molecule has 1 aromatic rings. The first-order valence-electron chi connectivity index (χ1n) is 7.56. The van der Waals surface area contributed by atoms with Crippen molar-refractivity contribution >= 4 is 35.0 Å². The van der Waals surface area contributed by atoms with Gasteiger partial charge in [0.25, 0.3) is 0 Å². The molecule has 24 heavy (non-hydrogen) atoms. The Labute approximate surface area is 139 Å². The molecule has 1 aliphatic heterocycles. The zero-order chi connectivity index (χ0) is 17.9. The lowest BCUT2D eigenvalue weighted by Crippen LogP contribution is -2.54. The van der Waals surface area contributed by atoms with Crippen LogP contribution in [0, 0.1) is 0 Å². The van der Waals surface area contributed by atoms with Crippen molar-refractivity contribution in [3.63, 3.8) is 0 Å². The van der Waals surface area contributed by atoms with Gasteiger partial charge in [0.2, 0.25) is 11.8 Å². The lowest BCUT2D eigenvalue weighted by Gasteiger charge is -2.34. The van der Waals surface area contributed by atoms with Gasteiger partial charge in [0.1, 0.15) is 0 Å². The van der Waals surface area contributed by atoms with Crippen molar-refractivity contribution in [1.29, 1.82) is 0 Å². The van der Waals surface area contributed by atoms with Gasteiger partial charge in [-0.2, -0.15) is 0 Å². The van der Waals surface area contributed by atoms with Crippen LogP contribution >= 0.6 is 0 Å². The van der Waals surface area contributed by atoms with E-state index in [0.29, 0.717) is 18.8 Å². The molecule has 0 bridgehead atoms. The van der Waals surface area contributed by atoms with Crippen LogP contribution in [0.25, 0.3) is 0 Å². The fourth-order valence-corrected chi connectivity index (χ4v) is 2.56. The molecule has 0 aliphatic carbocycles. The van der Waals surface area contributed by atoms with E-state index in [4.69, 9.17) is 5.73 Å². The predicted molar refractivity (Wildman–Crippen MR) is 87.9 cm³/mol. The standard InChI is InChI=1S/C16H20N4O4/c1-11(21)18-6-8-19(9-7-18)15(23)16(24)20(12(2)22)14-5-3-4-13(17)10-14/h3-5,10H,6-9,17H2,1-2H3. The molecule has 8 heteroatoms. The second-order valence-corrected chi connectivity index (χ2v) is 5.55. The highest BCUT2D eigenvalue weighted by Gasteiger charge is 2.32. The summed E-state index contributed by atoms with van der Waals surface area (Å²) >= 11 is 0. The maximum Gasteiger partial charge on any atom is 0.323 e. The van der Waals surface area contributed by atoms with E-state index in [9.17, 15) is 19.2 Å². The zero-order valence-corrected chi connectivity index (χ0v) is 13.7. The first kappa shape index (κ1) is 17.5. The third-order valence-corrected chi connectivity index (χ3v) is 3.84. The van der Waals surface area contributed by atoms with E-state index in [2.05, 4.69) is 0 Å². The summed E-state index contributed by atoms with van der Waals surface area (Å²) in [7, 11) is 0. The van der Waals surface area contributed by atoms with E-state index >= 15 is 0 Å². The number of hydrogen-bond acceptors (Lipinski definition) is 5. The maximum absolute atomic E-state index is 12.5. The van der Waals surface area contributed by atoms with E-state index in [1.54, 1.807) is 17.0 Å². The maximum atomic E-state index is 12.5. The summed E-state index contributed by atoms with van der Waals surface area (Å²) in [6, 6.07) is 6.22. The molecule has 1 aliphatic rings. The van der Waals surface area contributed by atoms with Crippen molar-refractivity contribution < 1.29 is 19.2 Å². The molecule has 0 saturated carbocycles. The summed E-state index contributed by atoms with van der Waals surface area (Å²) in [5.74, 6) is -2.33. The Morgan fingerprint density at radius 1 is 1.00 bits per heavy atom. The minimum absolute atomic E-state index is 0.0708. The van der Waals surface area contributed by atoms with Gasteiger partial charge in [-0.3, -0.25) is 19.2 Å². The number of rotatable bonds is 1. The Morgan fingerprint density at radius 2 is 1.58 bits per heavy atom. The number of nitrogens with two attached hydrogens (primary N) is 1. The molecule has 0 spiro atoms. The summed E-state index contributed by atoms with van der Waals surface area (Å²) in [5.41, 5.74) is 6.31. The topological polar surface area (TPSA) is 104 Å². The third-order valence-electron chi connectivity index (χ3n) is 3.84. The molecular formula is C16H20N4O4. The number of benzene rings is 1. The summed E-state index contributed by atoms with van der Waals surface area (Å²) in [4.78, 5) is 51.9. The number of piperazine rings is 1. The summed E-state index contributed by atoms with van der Waals surface area (Å²) < 4.78 is 0. The SMILES string of the molecule is CC(=O)N1CCN(C(=O)C(=O)N(C(C)=O)c2cccc(N)c2)CC1. The molecule has 2 rings (SSSR count). The number of carbonyl (C=O) groups excluding carboxylic acids is 4. The molecule has 1 saturated heterocycles. The molecule has 4 amide bonds. The Balaban J connectivity index is 2.14. The molecule has 0 atom stereocenters. The molecule has 128 valence electrons. The van der Waals surface area contributed by atoms with Gasteiger partial charge in [0, 0.05) is 45.7 Å². The van der Waals surface area contributed by atoms with Gasteiger partial charge in [-0.05, 0) is 18.2 Å². The lowest BCUT2D eigenvalue weighted by atomic mass is 10.2. The molecule has 1 fully saturated rings. The average molecular weight is 332 g/mol. The Hall–Kier alpha value is -2.90. The van der Waals surface area contributed by atoms with Gasteiger partial charge >= 0.3 is 11.8 Å². The summed E-state index contributed by atoms with van der Waals surface area (Å²) in [5, 5.41) is 0. The van der Waals surface area contributed by atoms with Crippen LogP contribution < -0.4 is 10.6 Å². The van der Waals surface area contributed by atoms with E-state index in [1.807, 2.05) is 0 Å². The third kappa shape index (κ3) is 3.70. The lowest BCUT2D eigenvalue weighted by molar-refractivity contribution is -0.147. The van der Waals surface area contributed by atoms with E-state index in [-0.39, 0.29) is 24.7 Å². The molecule has 0 aromatic heterocycles. The van der Waals surface area contributed by atoms with Crippen molar-refractivity contribution in [2.75, 3.05) is 36.8 Å². The van der Waals surface area contributed by atoms with Crippen molar-refractivity contribution in [3.8, 4) is 0 Å². The van der Waals surface area contributed by atoms with Crippen LogP contribution in [0.4, 0.5) is 11.4 Å². The van der Waals surface area contributed by atoms with Gasteiger partial charge in [0.05, 0.1) is 5.69 Å². The normalized spacial score (nSPS) is 14.2. The molecule has 8 nitrogen and oxygen atoms in total. The van der Waals surface area contributed by atoms with Crippen molar-refractivity contribution in [1.82, 2.24) is 9.80 Å². The monoisotopic (exact) mass is 332 g/mol. The van der Waals surface area contributed by atoms with E-state index < -0.39 is 17.7 Å². The van der Waals surface area contributed by atoms with Gasteiger partial charge in [0.15, 0.2) is 0 Å². The van der Waals surface area contributed by atoms with Crippen LogP contribution in [-0.2, 0) is 19.2 Å². The van der Waals surface area contributed by atoms with Gasteiger partial charge in [-0.15, -0.1) is 0 Å². The van der Waals surface area contributed by atoms with Crippen molar-refractivity contribution in [3.05, 3.63) is 24.3 Å². The van der Waals surface area contributed by atoms with Crippen molar-refractivity contribution in [2.24, 2.45) is 0 Å².